The average Bonchev–Trinajstić information content (AvgIpc) is 3.23. The molecule has 3 fully saturated rings. The Morgan fingerprint density at radius 3 is 2.61 bits per heavy atom. The van der Waals surface area contributed by atoms with Crippen molar-refractivity contribution < 1.29 is 4.74 Å². The first-order valence-electron chi connectivity index (χ1n) is 13.3. The quantitative estimate of drug-likeness (QED) is 0.446. The van der Waals surface area contributed by atoms with E-state index in [0.717, 1.165) is 31.3 Å². The molecule has 4 aliphatic rings. The summed E-state index contributed by atoms with van der Waals surface area (Å²) in [4.78, 5) is 0. The number of allylic oxidation sites excluding steroid dienone is 1. The molecule has 1 saturated carbocycles. The molecule has 5 nitrogen and oxygen atoms in total. The van der Waals surface area contributed by atoms with E-state index < -0.39 is 0 Å². The molecule has 4 rings (SSSR count). The minimum Gasteiger partial charge on any atom is -0.342 e. The highest BCUT2D eigenvalue weighted by molar-refractivity contribution is 5.13. The highest BCUT2D eigenvalue weighted by Gasteiger charge is 2.37. The number of ether oxygens (including phenoxy) is 1. The molecular weight excluding hydrogens is 384 g/mol. The number of hydrazine groups is 1. The molecule has 0 amide bonds. The van der Waals surface area contributed by atoms with Crippen molar-refractivity contribution >= 4 is 0 Å². The van der Waals surface area contributed by atoms with Crippen molar-refractivity contribution in [2.45, 2.75) is 104 Å². The Morgan fingerprint density at radius 1 is 1.10 bits per heavy atom. The molecule has 0 aromatic carbocycles. The van der Waals surface area contributed by atoms with Gasteiger partial charge in [0.15, 0.2) is 0 Å². The van der Waals surface area contributed by atoms with Crippen LogP contribution in [-0.4, -0.2) is 31.7 Å². The van der Waals surface area contributed by atoms with Gasteiger partial charge >= 0.3 is 0 Å². The van der Waals surface area contributed by atoms with Gasteiger partial charge in [-0.3, -0.25) is 0 Å². The number of nitrogens with one attached hydrogen (secondary N) is 4. The molecule has 0 radical (unpaired) electrons. The molecule has 5 heteroatoms. The van der Waals surface area contributed by atoms with Gasteiger partial charge in [0.25, 0.3) is 0 Å². The van der Waals surface area contributed by atoms with E-state index in [1.165, 1.54) is 51.4 Å². The minimum absolute atomic E-state index is 0.145. The zero-order valence-corrected chi connectivity index (χ0v) is 20.5. The number of rotatable bonds is 7. The smallest absolute Gasteiger partial charge is 0.125 e. The number of hydrogen-bond acceptors (Lipinski definition) is 5. The van der Waals surface area contributed by atoms with Crippen LogP contribution in [0.3, 0.4) is 0 Å². The molecule has 2 aliphatic carbocycles. The number of piperidine rings is 1. The highest BCUT2D eigenvalue weighted by atomic mass is 16.5. The molecule has 0 aromatic heterocycles. The van der Waals surface area contributed by atoms with Crippen molar-refractivity contribution in [2.75, 3.05) is 13.1 Å². The van der Waals surface area contributed by atoms with Gasteiger partial charge in [0.2, 0.25) is 0 Å². The lowest BCUT2D eigenvalue weighted by Crippen LogP contribution is -2.48. The van der Waals surface area contributed by atoms with E-state index in [0.29, 0.717) is 29.8 Å². The second-order valence-corrected chi connectivity index (χ2v) is 11.4. The fraction of sp³-hybridized carbons (Fsp3) is 0.923. The molecule has 0 spiro atoms. The van der Waals surface area contributed by atoms with Crippen molar-refractivity contribution in [3.63, 3.8) is 0 Å². The lowest BCUT2D eigenvalue weighted by Gasteiger charge is -2.39. The molecule has 2 aliphatic heterocycles. The molecular formula is C26H48N4O. The summed E-state index contributed by atoms with van der Waals surface area (Å²) in [6.45, 7) is 11.8. The van der Waals surface area contributed by atoms with Gasteiger partial charge in [-0.15, -0.1) is 0 Å². The fourth-order valence-electron chi connectivity index (χ4n) is 6.46. The van der Waals surface area contributed by atoms with Crippen molar-refractivity contribution in [1.82, 2.24) is 21.5 Å². The zero-order chi connectivity index (χ0) is 21.8. The summed E-state index contributed by atoms with van der Waals surface area (Å²) in [6.07, 6.45) is 15.1. The maximum Gasteiger partial charge on any atom is 0.125 e. The Labute approximate surface area is 190 Å². The molecule has 31 heavy (non-hydrogen) atoms. The third-order valence-corrected chi connectivity index (χ3v) is 8.68. The SMILES string of the molecule is CC1=C[C@@H](CNC2CCCCN2)[C@H](C(C)C)C[C@@H]1CC1NNC(C2CCC(C)CC2)O1. The fourth-order valence-corrected chi connectivity index (χ4v) is 6.46. The molecule has 6 atom stereocenters. The summed E-state index contributed by atoms with van der Waals surface area (Å²) in [5.41, 5.74) is 8.54. The zero-order valence-electron chi connectivity index (χ0n) is 20.5. The van der Waals surface area contributed by atoms with Crippen molar-refractivity contribution in [3.05, 3.63) is 11.6 Å². The Bertz CT molecular complexity index is 580. The van der Waals surface area contributed by atoms with Crippen LogP contribution >= 0.6 is 0 Å². The number of hydrogen-bond donors (Lipinski definition) is 4. The highest BCUT2D eigenvalue weighted by Crippen LogP contribution is 2.40. The summed E-state index contributed by atoms with van der Waals surface area (Å²) >= 11 is 0. The molecule has 2 saturated heterocycles. The van der Waals surface area contributed by atoms with Gasteiger partial charge in [-0.05, 0) is 93.9 Å². The molecule has 3 unspecified atom stereocenters. The monoisotopic (exact) mass is 432 g/mol. The Morgan fingerprint density at radius 2 is 1.90 bits per heavy atom. The van der Waals surface area contributed by atoms with E-state index in [4.69, 9.17) is 4.74 Å². The average molecular weight is 433 g/mol. The van der Waals surface area contributed by atoms with Gasteiger partial charge in [0, 0.05) is 6.54 Å². The van der Waals surface area contributed by atoms with Crippen LogP contribution in [-0.2, 0) is 4.74 Å². The van der Waals surface area contributed by atoms with E-state index >= 15 is 0 Å². The van der Waals surface area contributed by atoms with Crippen LogP contribution in [0.2, 0.25) is 0 Å². The van der Waals surface area contributed by atoms with Crippen molar-refractivity contribution in [2.24, 2.45) is 35.5 Å². The van der Waals surface area contributed by atoms with E-state index in [1.54, 1.807) is 5.57 Å². The molecule has 0 bridgehead atoms. The summed E-state index contributed by atoms with van der Waals surface area (Å²) in [5.74, 6) is 4.29. The largest absolute Gasteiger partial charge is 0.342 e. The topological polar surface area (TPSA) is 57.3 Å². The van der Waals surface area contributed by atoms with Crippen LogP contribution in [0.1, 0.15) is 85.5 Å². The van der Waals surface area contributed by atoms with Crippen LogP contribution < -0.4 is 21.5 Å². The predicted molar refractivity (Wildman–Crippen MR) is 128 cm³/mol. The second-order valence-electron chi connectivity index (χ2n) is 11.4. The van der Waals surface area contributed by atoms with Crippen LogP contribution in [0.5, 0.6) is 0 Å². The molecule has 0 aromatic rings. The van der Waals surface area contributed by atoms with Crippen molar-refractivity contribution in [1.29, 1.82) is 0 Å². The van der Waals surface area contributed by atoms with Gasteiger partial charge in [-0.25, -0.2) is 10.9 Å². The normalized spacial score (nSPS) is 42.0. The van der Waals surface area contributed by atoms with Gasteiger partial charge in [0.05, 0.1) is 6.17 Å². The molecule has 4 N–H and O–H groups in total. The Kier molecular flexibility index (Phi) is 8.49. The van der Waals surface area contributed by atoms with E-state index in [2.05, 4.69) is 55.3 Å². The van der Waals surface area contributed by atoms with Crippen LogP contribution in [0, 0.1) is 35.5 Å². The van der Waals surface area contributed by atoms with Gasteiger partial charge in [0.1, 0.15) is 12.5 Å². The van der Waals surface area contributed by atoms with Crippen LogP contribution in [0.15, 0.2) is 11.6 Å². The first-order chi connectivity index (χ1) is 15.0. The summed E-state index contributed by atoms with van der Waals surface area (Å²) in [5, 5.41) is 7.47. The summed E-state index contributed by atoms with van der Waals surface area (Å²) in [7, 11) is 0. The minimum atomic E-state index is 0.145. The first kappa shape index (κ1) is 23.7. The standard InChI is InChI=1S/C26H48N4O/c1-17(2)23-14-21(19(4)13-22(23)16-28-24-7-5-6-12-27-24)15-25-29-30-26(31-25)20-10-8-18(3)9-11-20/h13,17-18,20-30H,5-12,14-16H2,1-4H3/t18?,20?,21-,22+,23+,24?,25?,26?/m1/s1. The Balaban J connectivity index is 1.29. The van der Waals surface area contributed by atoms with E-state index in [9.17, 15) is 0 Å². The molecule has 178 valence electrons. The van der Waals surface area contributed by atoms with E-state index in [1.807, 2.05) is 0 Å². The lowest BCUT2D eigenvalue weighted by atomic mass is 9.69. The van der Waals surface area contributed by atoms with Crippen molar-refractivity contribution in [3.8, 4) is 0 Å². The molecule has 2 heterocycles. The van der Waals surface area contributed by atoms with Gasteiger partial charge in [-0.1, -0.05) is 45.3 Å². The van der Waals surface area contributed by atoms with Crippen LogP contribution in [0.25, 0.3) is 0 Å². The second kappa shape index (κ2) is 11.1. The first-order valence-corrected chi connectivity index (χ1v) is 13.3. The van der Waals surface area contributed by atoms with Gasteiger partial charge < -0.3 is 15.4 Å². The van der Waals surface area contributed by atoms with Gasteiger partial charge in [-0.2, -0.15) is 0 Å². The third kappa shape index (κ3) is 6.32. The lowest BCUT2D eigenvalue weighted by molar-refractivity contribution is -0.0212. The summed E-state index contributed by atoms with van der Waals surface area (Å²) in [6, 6.07) is 0. The predicted octanol–water partition coefficient (Wildman–Crippen LogP) is 4.52. The maximum absolute atomic E-state index is 6.47. The third-order valence-electron chi connectivity index (χ3n) is 8.68. The van der Waals surface area contributed by atoms with E-state index in [-0.39, 0.29) is 12.5 Å². The maximum atomic E-state index is 6.47. The summed E-state index contributed by atoms with van der Waals surface area (Å²) < 4.78 is 6.47. The Hall–Kier alpha value is -0.460. The van der Waals surface area contributed by atoms with Crippen LogP contribution in [0.4, 0.5) is 0 Å².